The van der Waals surface area contributed by atoms with Gasteiger partial charge in [0.05, 0.1) is 10.1 Å². The predicted octanol–water partition coefficient (Wildman–Crippen LogP) is 4.15. The summed E-state index contributed by atoms with van der Waals surface area (Å²) in [6.45, 7) is 1.98. The van der Waals surface area contributed by atoms with E-state index in [2.05, 4.69) is 0 Å². The van der Waals surface area contributed by atoms with E-state index in [0.717, 1.165) is 10.5 Å². The second-order valence-electron chi connectivity index (χ2n) is 4.54. The van der Waals surface area contributed by atoms with Crippen LogP contribution in [-0.2, 0) is 0 Å². The minimum atomic E-state index is -0.233. The lowest BCUT2D eigenvalue weighted by atomic mass is 10.1. The van der Waals surface area contributed by atoms with Crippen LogP contribution in [0.25, 0.3) is 0 Å². The average Bonchev–Trinajstić information content (AvgIpc) is 2.39. The fraction of sp³-hybridized carbons (Fsp3) is 0.200. The molecular formula is C15H13FO2S. The van der Waals surface area contributed by atoms with E-state index in [0.29, 0.717) is 5.75 Å². The largest absolute Gasteiger partial charge is 0.508 e. The molecule has 2 atom stereocenters. The number of thioether (sulfide) groups is 1. The molecule has 0 fully saturated rings. The third-order valence-corrected chi connectivity index (χ3v) is 4.62. The fourth-order valence-electron chi connectivity index (χ4n) is 2.17. The number of phenolic OH excluding ortho intramolecular Hbond substituents is 1. The molecule has 0 radical (unpaired) electrons. The molecule has 0 amide bonds. The van der Waals surface area contributed by atoms with Gasteiger partial charge in [-0.1, -0.05) is 12.1 Å². The Balaban J connectivity index is 1.93. The van der Waals surface area contributed by atoms with Gasteiger partial charge < -0.3 is 9.84 Å². The number of halogens is 1. The second kappa shape index (κ2) is 4.78. The zero-order valence-corrected chi connectivity index (χ0v) is 11.2. The van der Waals surface area contributed by atoms with Crippen molar-refractivity contribution in [2.24, 2.45) is 0 Å². The summed E-state index contributed by atoms with van der Waals surface area (Å²) in [6.07, 6.45) is -0.0373. The Hall–Kier alpha value is -1.68. The standard InChI is InChI=1S/C15H13FO2S/c1-9-15(10-2-4-11(16)5-3-10)19-14-7-6-12(17)8-13(14)18-9/h2-9,15,17H,1H3/t9-,15-/m1/s1. The zero-order valence-electron chi connectivity index (χ0n) is 10.3. The smallest absolute Gasteiger partial charge is 0.137 e. The van der Waals surface area contributed by atoms with Crippen LogP contribution in [-0.4, -0.2) is 11.2 Å². The Kier molecular flexibility index (Phi) is 3.11. The van der Waals surface area contributed by atoms with Crippen molar-refractivity contribution in [2.45, 2.75) is 23.2 Å². The number of benzene rings is 2. The van der Waals surface area contributed by atoms with Crippen LogP contribution < -0.4 is 4.74 Å². The second-order valence-corrected chi connectivity index (χ2v) is 5.73. The molecule has 1 aliphatic rings. The molecule has 3 rings (SSSR count). The summed E-state index contributed by atoms with van der Waals surface area (Å²) in [7, 11) is 0. The van der Waals surface area contributed by atoms with Crippen LogP contribution in [0.4, 0.5) is 4.39 Å². The SMILES string of the molecule is C[C@H]1Oc2cc(O)ccc2S[C@H]1c1ccc(F)cc1. The van der Waals surface area contributed by atoms with Crippen LogP contribution in [0.5, 0.6) is 11.5 Å². The number of phenols is 1. The van der Waals surface area contributed by atoms with E-state index in [9.17, 15) is 9.50 Å². The molecule has 19 heavy (non-hydrogen) atoms. The molecule has 0 saturated heterocycles. The molecule has 0 aliphatic carbocycles. The lowest BCUT2D eigenvalue weighted by Crippen LogP contribution is -2.23. The van der Waals surface area contributed by atoms with E-state index in [1.807, 2.05) is 13.0 Å². The topological polar surface area (TPSA) is 29.5 Å². The highest BCUT2D eigenvalue weighted by Crippen LogP contribution is 2.48. The first-order valence-corrected chi connectivity index (χ1v) is 6.93. The molecule has 98 valence electrons. The quantitative estimate of drug-likeness (QED) is 0.848. The highest BCUT2D eigenvalue weighted by atomic mass is 32.2. The third-order valence-electron chi connectivity index (χ3n) is 3.12. The van der Waals surface area contributed by atoms with Gasteiger partial charge in [0.25, 0.3) is 0 Å². The molecule has 2 aromatic carbocycles. The van der Waals surface area contributed by atoms with Crippen molar-refractivity contribution in [2.75, 3.05) is 0 Å². The average molecular weight is 276 g/mol. The maximum atomic E-state index is 13.0. The van der Waals surface area contributed by atoms with Crippen molar-refractivity contribution < 1.29 is 14.2 Å². The minimum absolute atomic E-state index is 0.0373. The van der Waals surface area contributed by atoms with Crippen LogP contribution in [0.1, 0.15) is 17.7 Å². The van der Waals surface area contributed by atoms with Gasteiger partial charge in [0.15, 0.2) is 0 Å². The summed E-state index contributed by atoms with van der Waals surface area (Å²) in [4.78, 5) is 0.991. The van der Waals surface area contributed by atoms with E-state index < -0.39 is 0 Å². The van der Waals surface area contributed by atoms with Crippen LogP contribution >= 0.6 is 11.8 Å². The molecule has 0 saturated carbocycles. The lowest BCUT2D eigenvalue weighted by molar-refractivity contribution is 0.206. The molecule has 1 heterocycles. The lowest BCUT2D eigenvalue weighted by Gasteiger charge is -2.31. The third kappa shape index (κ3) is 2.40. The molecule has 2 nitrogen and oxygen atoms in total. The van der Waals surface area contributed by atoms with Crippen LogP contribution in [0.2, 0.25) is 0 Å². The van der Waals surface area contributed by atoms with Crippen molar-refractivity contribution >= 4 is 11.8 Å². The molecule has 1 aliphatic heterocycles. The summed E-state index contributed by atoms with van der Waals surface area (Å²) < 4.78 is 18.8. The van der Waals surface area contributed by atoms with Gasteiger partial charge >= 0.3 is 0 Å². The van der Waals surface area contributed by atoms with E-state index in [1.54, 1.807) is 36.0 Å². The number of hydrogen-bond donors (Lipinski definition) is 1. The molecule has 0 aromatic heterocycles. The zero-order chi connectivity index (χ0) is 13.4. The van der Waals surface area contributed by atoms with E-state index in [-0.39, 0.29) is 22.9 Å². The van der Waals surface area contributed by atoms with Crippen molar-refractivity contribution in [1.29, 1.82) is 0 Å². The summed E-state index contributed by atoms with van der Waals surface area (Å²) in [5.74, 6) is 0.672. The summed E-state index contributed by atoms with van der Waals surface area (Å²) in [5, 5.41) is 9.58. The molecule has 4 heteroatoms. The molecular weight excluding hydrogens is 263 g/mol. The van der Waals surface area contributed by atoms with Crippen molar-refractivity contribution in [3.8, 4) is 11.5 Å². The molecule has 2 aromatic rings. The van der Waals surface area contributed by atoms with Gasteiger partial charge in [-0.05, 0) is 36.8 Å². The monoisotopic (exact) mass is 276 g/mol. The van der Waals surface area contributed by atoms with Gasteiger partial charge in [0.2, 0.25) is 0 Å². The summed E-state index contributed by atoms with van der Waals surface area (Å²) in [5.41, 5.74) is 1.04. The highest BCUT2D eigenvalue weighted by Gasteiger charge is 2.29. The van der Waals surface area contributed by atoms with Crippen molar-refractivity contribution in [3.05, 3.63) is 53.8 Å². The molecule has 1 N–H and O–H groups in total. The first-order valence-electron chi connectivity index (χ1n) is 6.05. The molecule has 0 spiro atoms. The van der Waals surface area contributed by atoms with E-state index in [4.69, 9.17) is 4.74 Å². The maximum Gasteiger partial charge on any atom is 0.137 e. The normalized spacial score (nSPS) is 21.6. The Morgan fingerprint density at radius 3 is 2.63 bits per heavy atom. The Bertz CT molecular complexity index is 598. The Morgan fingerprint density at radius 2 is 1.89 bits per heavy atom. The first kappa shape index (κ1) is 12.4. The van der Waals surface area contributed by atoms with Crippen LogP contribution in [0.15, 0.2) is 47.4 Å². The molecule has 0 bridgehead atoms. The highest BCUT2D eigenvalue weighted by molar-refractivity contribution is 7.99. The van der Waals surface area contributed by atoms with E-state index in [1.165, 1.54) is 12.1 Å². The number of fused-ring (bicyclic) bond motifs is 1. The van der Waals surface area contributed by atoms with Crippen molar-refractivity contribution in [1.82, 2.24) is 0 Å². The van der Waals surface area contributed by atoms with Gasteiger partial charge in [0, 0.05) is 6.07 Å². The summed E-state index contributed by atoms with van der Waals surface area (Å²) >= 11 is 1.67. The van der Waals surface area contributed by atoms with Gasteiger partial charge in [-0.2, -0.15) is 0 Å². The summed E-state index contributed by atoms with van der Waals surface area (Å²) in [6, 6.07) is 11.6. The van der Waals surface area contributed by atoms with Crippen LogP contribution in [0, 0.1) is 5.82 Å². The van der Waals surface area contributed by atoms with Gasteiger partial charge in [0.1, 0.15) is 23.4 Å². The maximum absolute atomic E-state index is 13.0. The molecule has 0 unspecified atom stereocenters. The number of hydrogen-bond acceptors (Lipinski definition) is 3. The number of rotatable bonds is 1. The Labute approximate surface area is 115 Å². The van der Waals surface area contributed by atoms with Gasteiger partial charge in [-0.3, -0.25) is 0 Å². The van der Waals surface area contributed by atoms with Gasteiger partial charge in [-0.15, -0.1) is 11.8 Å². The Morgan fingerprint density at radius 1 is 1.16 bits per heavy atom. The van der Waals surface area contributed by atoms with E-state index >= 15 is 0 Å². The first-order chi connectivity index (χ1) is 9.13. The number of ether oxygens (including phenoxy) is 1. The number of aromatic hydroxyl groups is 1. The van der Waals surface area contributed by atoms with Crippen molar-refractivity contribution in [3.63, 3.8) is 0 Å². The minimum Gasteiger partial charge on any atom is -0.508 e. The van der Waals surface area contributed by atoms with Gasteiger partial charge in [-0.25, -0.2) is 4.39 Å². The fourth-order valence-corrected chi connectivity index (χ4v) is 3.36. The van der Waals surface area contributed by atoms with Crippen LogP contribution in [0.3, 0.4) is 0 Å². The predicted molar refractivity (Wildman–Crippen MR) is 73.2 cm³/mol.